The minimum Gasteiger partial charge on any atom is -0.453 e. The van der Waals surface area contributed by atoms with Crippen molar-refractivity contribution in [2.24, 2.45) is 0 Å². The fourth-order valence-electron chi connectivity index (χ4n) is 1.30. The van der Waals surface area contributed by atoms with Crippen molar-refractivity contribution >= 4 is 17.6 Å². The maximum absolute atomic E-state index is 11.4. The third kappa shape index (κ3) is 6.85. The van der Waals surface area contributed by atoms with Crippen molar-refractivity contribution < 1.29 is 44.9 Å². The third-order valence-corrected chi connectivity index (χ3v) is 2.86. The van der Waals surface area contributed by atoms with Gasteiger partial charge >= 0.3 is 5.97 Å². The number of carbonyl (C=O) groups is 1. The minimum atomic E-state index is -1.89. The van der Waals surface area contributed by atoms with Crippen LogP contribution in [-0.4, -0.2) is 92.5 Å². The fourth-order valence-corrected chi connectivity index (χ4v) is 1.59. The average molecular weight is 333 g/mol. The van der Waals surface area contributed by atoms with Crippen LogP contribution in [0.25, 0.3) is 0 Å². The van der Waals surface area contributed by atoms with Crippen LogP contribution in [0.4, 0.5) is 0 Å². The van der Waals surface area contributed by atoms with E-state index < -0.39 is 55.3 Å². The van der Waals surface area contributed by atoms with Crippen molar-refractivity contribution in [3.8, 4) is 0 Å². The van der Waals surface area contributed by atoms with Gasteiger partial charge < -0.3 is 40.1 Å². The number of aliphatic hydroxyl groups is 6. The van der Waals surface area contributed by atoms with Crippen LogP contribution in [0, 0.1) is 0 Å². The molecule has 0 fully saturated rings. The molecular weight excluding hydrogens is 312 g/mol. The number of ether oxygens (including phenoxy) is 2. The lowest BCUT2D eigenvalue weighted by molar-refractivity contribution is -0.184. The highest BCUT2D eigenvalue weighted by atomic mass is 35.5. The molecule has 126 valence electrons. The Labute approximate surface area is 126 Å². The van der Waals surface area contributed by atoms with E-state index in [0.717, 1.165) is 6.92 Å². The maximum atomic E-state index is 11.4. The summed E-state index contributed by atoms with van der Waals surface area (Å²) in [4.78, 5) is 11.4. The molecule has 0 aliphatic carbocycles. The van der Waals surface area contributed by atoms with Crippen molar-refractivity contribution in [1.82, 2.24) is 0 Å². The lowest BCUT2D eigenvalue weighted by Crippen LogP contribution is -2.51. The van der Waals surface area contributed by atoms with Crippen LogP contribution in [0.3, 0.4) is 0 Å². The number of halogens is 1. The molecule has 0 aliphatic heterocycles. The van der Waals surface area contributed by atoms with Crippen molar-refractivity contribution in [3.63, 3.8) is 0 Å². The topological polar surface area (TPSA) is 157 Å². The number of aliphatic hydroxyl groups excluding tert-OH is 6. The first kappa shape index (κ1) is 20.5. The molecule has 0 saturated heterocycles. The largest absolute Gasteiger partial charge is 0.453 e. The predicted molar refractivity (Wildman–Crippen MR) is 69.3 cm³/mol. The van der Waals surface area contributed by atoms with Gasteiger partial charge in [0, 0.05) is 0 Å². The molecule has 6 atom stereocenters. The van der Waals surface area contributed by atoms with Crippen molar-refractivity contribution in [2.75, 3.05) is 19.8 Å². The molecule has 0 radical (unpaired) electrons. The second-order valence-corrected chi connectivity index (χ2v) is 4.68. The normalized spacial score (nSPS) is 20.2. The molecule has 0 spiro atoms. The summed E-state index contributed by atoms with van der Waals surface area (Å²) in [5.74, 6) is -1.14. The Morgan fingerprint density at radius 1 is 1.14 bits per heavy atom. The van der Waals surface area contributed by atoms with Gasteiger partial charge in [-0.2, -0.15) is 0 Å². The SMILES string of the molecule is CC(O)C(=O)O[C@@H](C(Cl)OCCO)[C@@H](O)[C@H](O)[C@H](O)CO. The third-order valence-electron chi connectivity index (χ3n) is 2.49. The zero-order valence-electron chi connectivity index (χ0n) is 11.4. The molecule has 0 amide bonds. The second kappa shape index (κ2) is 10.2. The summed E-state index contributed by atoms with van der Waals surface area (Å²) < 4.78 is 9.58. The number of carbonyl (C=O) groups excluding carboxylic acids is 1. The molecule has 0 bridgehead atoms. The minimum absolute atomic E-state index is 0.234. The van der Waals surface area contributed by atoms with E-state index in [4.69, 9.17) is 36.4 Å². The highest BCUT2D eigenvalue weighted by molar-refractivity contribution is 6.20. The van der Waals surface area contributed by atoms with E-state index in [1.54, 1.807) is 0 Å². The quantitative estimate of drug-likeness (QED) is 0.180. The van der Waals surface area contributed by atoms with Gasteiger partial charge in [-0.05, 0) is 6.92 Å². The van der Waals surface area contributed by atoms with Gasteiger partial charge in [0.25, 0.3) is 0 Å². The highest BCUT2D eigenvalue weighted by Crippen LogP contribution is 2.18. The average Bonchev–Trinajstić information content (AvgIpc) is 2.47. The Balaban J connectivity index is 4.96. The molecule has 0 aromatic carbocycles. The zero-order chi connectivity index (χ0) is 16.6. The van der Waals surface area contributed by atoms with Crippen LogP contribution < -0.4 is 0 Å². The molecule has 10 heteroatoms. The summed E-state index contributed by atoms with van der Waals surface area (Å²) in [7, 11) is 0. The summed E-state index contributed by atoms with van der Waals surface area (Å²) in [5.41, 5.74) is -1.46. The van der Waals surface area contributed by atoms with Gasteiger partial charge in [0.05, 0.1) is 19.8 Å². The first-order valence-electron chi connectivity index (χ1n) is 6.16. The number of hydrogen-bond donors (Lipinski definition) is 6. The van der Waals surface area contributed by atoms with Crippen LogP contribution in [0.2, 0.25) is 0 Å². The van der Waals surface area contributed by atoms with Gasteiger partial charge in [-0.3, -0.25) is 0 Å². The van der Waals surface area contributed by atoms with Crippen molar-refractivity contribution in [3.05, 3.63) is 0 Å². The molecule has 0 aromatic rings. The van der Waals surface area contributed by atoms with Gasteiger partial charge in [-0.25, -0.2) is 4.79 Å². The lowest BCUT2D eigenvalue weighted by atomic mass is 10.0. The summed E-state index contributed by atoms with van der Waals surface area (Å²) in [6.07, 6.45) is -8.62. The molecule has 21 heavy (non-hydrogen) atoms. The highest BCUT2D eigenvalue weighted by Gasteiger charge is 2.39. The van der Waals surface area contributed by atoms with E-state index in [9.17, 15) is 20.1 Å². The summed E-state index contributed by atoms with van der Waals surface area (Å²) in [5, 5.41) is 55.2. The van der Waals surface area contributed by atoms with Gasteiger partial charge in [0.2, 0.25) is 0 Å². The first-order chi connectivity index (χ1) is 9.76. The monoisotopic (exact) mass is 332 g/mol. The van der Waals surface area contributed by atoms with E-state index in [0.29, 0.717) is 0 Å². The molecule has 0 rings (SSSR count). The van der Waals surface area contributed by atoms with Gasteiger partial charge in [0.15, 0.2) is 11.7 Å². The Kier molecular flexibility index (Phi) is 9.99. The number of hydrogen-bond acceptors (Lipinski definition) is 9. The first-order valence-corrected chi connectivity index (χ1v) is 6.60. The van der Waals surface area contributed by atoms with E-state index in [2.05, 4.69) is 0 Å². The predicted octanol–water partition coefficient (Wildman–Crippen LogP) is -3.07. The molecule has 6 N–H and O–H groups in total. The summed E-state index contributed by atoms with van der Waals surface area (Å²) in [6.45, 7) is -0.358. The summed E-state index contributed by atoms with van der Waals surface area (Å²) in [6, 6.07) is 0. The summed E-state index contributed by atoms with van der Waals surface area (Å²) >= 11 is 5.75. The lowest BCUT2D eigenvalue weighted by Gasteiger charge is -2.31. The van der Waals surface area contributed by atoms with Gasteiger partial charge in [0.1, 0.15) is 24.4 Å². The van der Waals surface area contributed by atoms with Gasteiger partial charge in [-0.1, -0.05) is 11.6 Å². The fraction of sp³-hybridized carbons (Fsp3) is 0.909. The Morgan fingerprint density at radius 3 is 2.14 bits per heavy atom. The number of alkyl halides is 1. The van der Waals surface area contributed by atoms with Crippen LogP contribution in [0.5, 0.6) is 0 Å². The van der Waals surface area contributed by atoms with E-state index in [-0.39, 0.29) is 6.61 Å². The molecule has 0 saturated carbocycles. The van der Waals surface area contributed by atoms with Crippen LogP contribution in [-0.2, 0) is 14.3 Å². The maximum Gasteiger partial charge on any atom is 0.335 e. The number of rotatable bonds is 10. The van der Waals surface area contributed by atoms with Crippen molar-refractivity contribution in [2.45, 2.75) is 43.0 Å². The van der Waals surface area contributed by atoms with Gasteiger partial charge in [-0.15, -0.1) is 0 Å². The smallest absolute Gasteiger partial charge is 0.335 e. The number of esters is 1. The van der Waals surface area contributed by atoms with Crippen LogP contribution >= 0.6 is 11.6 Å². The van der Waals surface area contributed by atoms with E-state index >= 15 is 0 Å². The Hall–Kier alpha value is -0.520. The Morgan fingerprint density at radius 2 is 1.71 bits per heavy atom. The van der Waals surface area contributed by atoms with Crippen LogP contribution in [0.1, 0.15) is 6.92 Å². The molecule has 9 nitrogen and oxygen atoms in total. The molecule has 0 heterocycles. The zero-order valence-corrected chi connectivity index (χ0v) is 12.1. The van der Waals surface area contributed by atoms with E-state index in [1.807, 2.05) is 0 Å². The molecule has 0 aromatic heterocycles. The Bertz CT molecular complexity index is 301. The molecule has 0 aliphatic rings. The standard InChI is InChI=1S/C11H21ClO9/c1-5(15)11(19)21-9(10(12)20-3-2-13)8(18)7(17)6(16)4-14/h5-10,13-18H,2-4H2,1H3/t5?,6-,7-,8+,9-,10?/m1/s1. The molecular formula is C11H21ClO9. The van der Waals surface area contributed by atoms with E-state index in [1.165, 1.54) is 0 Å². The molecule has 2 unspecified atom stereocenters. The van der Waals surface area contributed by atoms with Crippen molar-refractivity contribution in [1.29, 1.82) is 0 Å². The van der Waals surface area contributed by atoms with Crippen LogP contribution in [0.15, 0.2) is 0 Å². The second-order valence-electron chi connectivity index (χ2n) is 4.25.